The lowest BCUT2D eigenvalue weighted by atomic mass is 10.0. The second-order valence-electron chi connectivity index (χ2n) is 4.09. The first-order chi connectivity index (χ1) is 8.22. The number of aliphatic hydroxyl groups is 1. The molecule has 0 bridgehead atoms. The number of nitrogens with two attached hydrogens (primary N) is 2. The monoisotopic (exact) mass is 238 g/mol. The van der Waals surface area contributed by atoms with Crippen molar-refractivity contribution in [2.45, 2.75) is 18.6 Å². The van der Waals surface area contributed by atoms with Gasteiger partial charge in [-0.3, -0.25) is 0 Å². The molecule has 2 unspecified atom stereocenters. The van der Waals surface area contributed by atoms with Crippen molar-refractivity contribution in [1.29, 1.82) is 0 Å². The number of hydrogen-bond donors (Lipinski definition) is 3. The predicted molar refractivity (Wildman–Crippen MR) is 64.0 cm³/mol. The van der Waals surface area contributed by atoms with Crippen molar-refractivity contribution in [1.82, 2.24) is 0 Å². The normalized spacial score (nSPS) is 18.3. The minimum absolute atomic E-state index is 0.135. The Labute approximate surface area is 100 Å². The highest BCUT2D eigenvalue weighted by Crippen LogP contribution is 2.32. The van der Waals surface area contributed by atoms with E-state index in [1.54, 1.807) is 0 Å². The van der Waals surface area contributed by atoms with Gasteiger partial charge in [0, 0.05) is 13.0 Å². The first-order valence-corrected chi connectivity index (χ1v) is 5.75. The molecule has 0 radical (unpaired) electrons. The van der Waals surface area contributed by atoms with Crippen molar-refractivity contribution < 1.29 is 14.6 Å². The summed E-state index contributed by atoms with van der Waals surface area (Å²) in [7, 11) is 0. The Hall–Kier alpha value is -1.30. The SMILES string of the molecule is NCC(O)C(N)c1ccc2c(c1)OCCCO2. The van der Waals surface area contributed by atoms with Crippen LogP contribution in [0.1, 0.15) is 18.0 Å². The van der Waals surface area contributed by atoms with Crippen molar-refractivity contribution in [3.8, 4) is 11.5 Å². The number of fused-ring (bicyclic) bond motifs is 1. The van der Waals surface area contributed by atoms with Gasteiger partial charge in [0.1, 0.15) is 0 Å². The maximum Gasteiger partial charge on any atom is 0.161 e. The summed E-state index contributed by atoms with van der Waals surface area (Å²) in [5.41, 5.74) is 12.1. The maximum absolute atomic E-state index is 9.62. The van der Waals surface area contributed by atoms with Crippen molar-refractivity contribution in [3.05, 3.63) is 23.8 Å². The summed E-state index contributed by atoms with van der Waals surface area (Å²) in [5, 5.41) is 9.62. The third-order valence-corrected chi connectivity index (χ3v) is 2.81. The molecule has 5 heteroatoms. The highest BCUT2D eigenvalue weighted by molar-refractivity contribution is 5.44. The third-order valence-electron chi connectivity index (χ3n) is 2.81. The second kappa shape index (κ2) is 5.35. The molecule has 0 saturated carbocycles. The molecule has 94 valence electrons. The predicted octanol–water partition coefficient (Wildman–Crippen LogP) is 0.167. The smallest absolute Gasteiger partial charge is 0.161 e. The summed E-state index contributed by atoms with van der Waals surface area (Å²) < 4.78 is 11.1. The minimum Gasteiger partial charge on any atom is -0.490 e. The van der Waals surface area contributed by atoms with Crippen molar-refractivity contribution in [3.63, 3.8) is 0 Å². The number of benzene rings is 1. The standard InChI is InChI=1S/C12H18N2O3/c13-7-9(15)12(14)8-2-3-10-11(6-8)17-5-1-4-16-10/h2-3,6,9,12,15H,1,4-5,7,13-14H2. The summed E-state index contributed by atoms with van der Waals surface area (Å²) in [5.74, 6) is 1.40. The lowest BCUT2D eigenvalue weighted by Gasteiger charge is -2.18. The van der Waals surface area contributed by atoms with E-state index in [2.05, 4.69) is 0 Å². The van der Waals surface area contributed by atoms with E-state index < -0.39 is 12.1 Å². The molecule has 5 nitrogen and oxygen atoms in total. The van der Waals surface area contributed by atoms with Crippen LogP contribution in [0.25, 0.3) is 0 Å². The number of ether oxygens (including phenoxy) is 2. The summed E-state index contributed by atoms with van der Waals surface area (Å²) in [4.78, 5) is 0. The molecule has 0 aliphatic carbocycles. The molecule has 17 heavy (non-hydrogen) atoms. The molecular formula is C12H18N2O3. The molecule has 0 spiro atoms. The molecule has 1 aromatic carbocycles. The van der Waals surface area contributed by atoms with Gasteiger partial charge >= 0.3 is 0 Å². The molecule has 0 aromatic heterocycles. The van der Waals surface area contributed by atoms with Crippen LogP contribution >= 0.6 is 0 Å². The fraction of sp³-hybridized carbons (Fsp3) is 0.500. The van der Waals surface area contributed by atoms with E-state index in [4.69, 9.17) is 20.9 Å². The van der Waals surface area contributed by atoms with E-state index in [1.807, 2.05) is 18.2 Å². The van der Waals surface area contributed by atoms with Crippen LogP contribution in [0.4, 0.5) is 0 Å². The molecule has 0 amide bonds. The number of hydrogen-bond acceptors (Lipinski definition) is 5. The zero-order valence-electron chi connectivity index (χ0n) is 9.63. The largest absolute Gasteiger partial charge is 0.490 e. The highest BCUT2D eigenvalue weighted by atomic mass is 16.5. The van der Waals surface area contributed by atoms with Crippen LogP contribution in [0, 0.1) is 0 Å². The Balaban J connectivity index is 2.23. The van der Waals surface area contributed by atoms with Gasteiger partial charge in [0.05, 0.1) is 25.4 Å². The lowest BCUT2D eigenvalue weighted by Crippen LogP contribution is -2.32. The quantitative estimate of drug-likeness (QED) is 0.698. The van der Waals surface area contributed by atoms with Crippen LogP contribution in [0.2, 0.25) is 0 Å². The first kappa shape index (κ1) is 12.2. The number of aliphatic hydroxyl groups excluding tert-OH is 1. The van der Waals surface area contributed by atoms with E-state index in [-0.39, 0.29) is 6.54 Å². The van der Waals surface area contributed by atoms with Gasteiger partial charge in [-0.25, -0.2) is 0 Å². The molecule has 5 N–H and O–H groups in total. The maximum atomic E-state index is 9.62. The zero-order chi connectivity index (χ0) is 12.3. The molecule has 1 heterocycles. The minimum atomic E-state index is -0.750. The average Bonchev–Trinajstić information content (AvgIpc) is 2.61. The molecule has 1 aromatic rings. The molecule has 2 rings (SSSR count). The summed E-state index contributed by atoms with van der Waals surface area (Å²) >= 11 is 0. The molecule has 1 aliphatic heterocycles. The van der Waals surface area contributed by atoms with E-state index in [0.29, 0.717) is 19.0 Å². The Morgan fingerprint density at radius 1 is 1.24 bits per heavy atom. The second-order valence-corrected chi connectivity index (χ2v) is 4.09. The van der Waals surface area contributed by atoms with Crippen LogP contribution in [-0.2, 0) is 0 Å². The van der Waals surface area contributed by atoms with Gasteiger partial charge in [-0.2, -0.15) is 0 Å². The highest BCUT2D eigenvalue weighted by Gasteiger charge is 2.18. The first-order valence-electron chi connectivity index (χ1n) is 5.75. The topological polar surface area (TPSA) is 90.7 Å². The summed E-state index contributed by atoms with van der Waals surface area (Å²) in [6, 6.07) is 4.96. The van der Waals surface area contributed by atoms with Gasteiger partial charge in [0.15, 0.2) is 11.5 Å². The Bertz CT molecular complexity index is 384. The van der Waals surface area contributed by atoms with Crippen LogP contribution in [-0.4, -0.2) is 31.0 Å². The van der Waals surface area contributed by atoms with Crippen molar-refractivity contribution in [2.75, 3.05) is 19.8 Å². The van der Waals surface area contributed by atoms with Gasteiger partial charge in [-0.15, -0.1) is 0 Å². The zero-order valence-corrected chi connectivity index (χ0v) is 9.63. The van der Waals surface area contributed by atoms with Gasteiger partial charge in [0.25, 0.3) is 0 Å². The fourth-order valence-electron chi connectivity index (χ4n) is 1.76. The Kier molecular flexibility index (Phi) is 3.83. The molecule has 0 fully saturated rings. The van der Waals surface area contributed by atoms with Crippen LogP contribution in [0.15, 0.2) is 18.2 Å². The lowest BCUT2D eigenvalue weighted by molar-refractivity contribution is 0.153. The summed E-state index contributed by atoms with van der Waals surface area (Å²) in [6.45, 7) is 1.42. The van der Waals surface area contributed by atoms with Gasteiger partial charge < -0.3 is 26.0 Å². The molecular weight excluding hydrogens is 220 g/mol. The molecule has 1 aliphatic rings. The van der Waals surface area contributed by atoms with Crippen LogP contribution < -0.4 is 20.9 Å². The molecule has 0 saturated heterocycles. The Morgan fingerprint density at radius 2 is 1.94 bits per heavy atom. The third kappa shape index (κ3) is 2.69. The van der Waals surface area contributed by atoms with Gasteiger partial charge in [-0.05, 0) is 17.7 Å². The molecule has 2 atom stereocenters. The average molecular weight is 238 g/mol. The van der Waals surface area contributed by atoms with Crippen molar-refractivity contribution in [2.24, 2.45) is 11.5 Å². The van der Waals surface area contributed by atoms with E-state index >= 15 is 0 Å². The van der Waals surface area contributed by atoms with Crippen LogP contribution in [0.3, 0.4) is 0 Å². The van der Waals surface area contributed by atoms with Gasteiger partial charge in [0.2, 0.25) is 0 Å². The van der Waals surface area contributed by atoms with E-state index in [0.717, 1.165) is 17.7 Å². The fourth-order valence-corrected chi connectivity index (χ4v) is 1.76. The van der Waals surface area contributed by atoms with Crippen LogP contribution in [0.5, 0.6) is 11.5 Å². The Morgan fingerprint density at radius 3 is 2.65 bits per heavy atom. The summed E-state index contributed by atoms with van der Waals surface area (Å²) in [6.07, 6.45) is 0.112. The number of rotatable bonds is 3. The van der Waals surface area contributed by atoms with E-state index in [1.165, 1.54) is 0 Å². The van der Waals surface area contributed by atoms with E-state index in [9.17, 15) is 5.11 Å². The van der Waals surface area contributed by atoms with Gasteiger partial charge in [-0.1, -0.05) is 6.07 Å². The van der Waals surface area contributed by atoms with Crippen molar-refractivity contribution >= 4 is 0 Å².